The fourth-order valence-corrected chi connectivity index (χ4v) is 5.14. The summed E-state index contributed by atoms with van der Waals surface area (Å²) >= 11 is 1.57. The van der Waals surface area contributed by atoms with Crippen LogP contribution in [-0.4, -0.2) is 24.7 Å². The van der Waals surface area contributed by atoms with Gasteiger partial charge in [0.1, 0.15) is 5.75 Å². The Morgan fingerprint density at radius 1 is 1.06 bits per heavy atom. The van der Waals surface area contributed by atoms with Crippen LogP contribution in [0.4, 0.5) is 0 Å². The molecular formula is C26H26N2O2S. The van der Waals surface area contributed by atoms with E-state index in [1.807, 2.05) is 23.6 Å². The quantitative estimate of drug-likeness (QED) is 0.433. The minimum Gasteiger partial charge on any atom is -0.492 e. The molecule has 1 aliphatic rings. The van der Waals surface area contributed by atoms with Crippen molar-refractivity contribution in [3.05, 3.63) is 75.9 Å². The summed E-state index contributed by atoms with van der Waals surface area (Å²) in [6.45, 7) is 4.81. The van der Waals surface area contributed by atoms with E-state index in [1.165, 1.54) is 11.1 Å². The summed E-state index contributed by atoms with van der Waals surface area (Å²) < 4.78 is 6.47. The Balaban J connectivity index is 1.66. The lowest BCUT2D eigenvalue weighted by Gasteiger charge is -2.23. The van der Waals surface area contributed by atoms with Crippen molar-refractivity contribution in [1.82, 2.24) is 10.3 Å². The highest BCUT2D eigenvalue weighted by atomic mass is 32.1. The molecule has 2 aromatic heterocycles. The minimum absolute atomic E-state index is 0.0982. The van der Waals surface area contributed by atoms with E-state index in [0.717, 1.165) is 47.3 Å². The number of thiophene rings is 1. The summed E-state index contributed by atoms with van der Waals surface area (Å²) in [4.78, 5) is 17.1. The van der Waals surface area contributed by atoms with E-state index < -0.39 is 0 Å². The van der Waals surface area contributed by atoms with Crippen molar-refractivity contribution < 1.29 is 4.74 Å². The van der Waals surface area contributed by atoms with Crippen molar-refractivity contribution in [3.63, 3.8) is 0 Å². The van der Waals surface area contributed by atoms with E-state index in [2.05, 4.69) is 53.6 Å². The van der Waals surface area contributed by atoms with Crippen LogP contribution in [0.1, 0.15) is 18.4 Å². The van der Waals surface area contributed by atoms with Crippen LogP contribution in [0.3, 0.4) is 0 Å². The number of nitrogens with one attached hydrogen (secondary N) is 2. The SMILES string of the molecule is Cc1ccccc1-c1ccc2[nH]c(=O)c(-c3cccs3)c(OCC3CCNCC3)c2c1. The number of aryl methyl sites for hydroxylation is 1. The second-order valence-corrected chi connectivity index (χ2v) is 9.16. The van der Waals surface area contributed by atoms with Gasteiger partial charge in [0.05, 0.1) is 17.7 Å². The molecule has 4 aromatic rings. The van der Waals surface area contributed by atoms with Crippen molar-refractivity contribution in [3.8, 4) is 27.3 Å². The topological polar surface area (TPSA) is 54.1 Å². The summed E-state index contributed by atoms with van der Waals surface area (Å²) in [7, 11) is 0. The molecule has 0 saturated carbocycles. The van der Waals surface area contributed by atoms with E-state index in [9.17, 15) is 4.79 Å². The smallest absolute Gasteiger partial charge is 0.260 e. The van der Waals surface area contributed by atoms with E-state index in [-0.39, 0.29) is 5.56 Å². The third-order valence-electron chi connectivity index (χ3n) is 6.11. The van der Waals surface area contributed by atoms with Gasteiger partial charge in [0, 0.05) is 10.3 Å². The molecule has 0 amide bonds. The second kappa shape index (κ2) is 8.69. The molecule has 2 aromatic carbocycles. The van der Waals surface area contributed by atoms with Crippen molar-refractivity contribution >= 4 is 22.2 Å². The third-order valence-corrected chi connectivity index (χ3v) is 7.00. The Labute approximate surface area is 185 Å². The average Bonchev–Trinajstić information content (AvgIpc) is 3.32. The van der Waals surface area contributed by atoms with Gasteiger partial charge >= 0.3 is 0 Å². The zero-order valence-corrected chi connectivity index (χ0v) is 18.4. The monoisotopic (exact) mass is 430 g/mol. The fourth-order valence-electron chi connectivity index (χ4n) is 4.37. The highest BCUT2D eigenvalue weighted by Crippen LogP contribution is 2.38. The molecule has 31 heavy (non-hydrogen) atoms. The molecule has 4 nitrogen and oxygen atoms in total. The van der Waals surface area contributed by atoms with E-state index in [0.29, 0.717) is 23.8 Å². The lowest BCUT2D eigenvalue weighted by Crippen LogP contribution is -2.30. The molecule has 0 radical (unpaired) electrons. The predicted molar refractivity (Wildman–Crippen MR) is 129 cm³/mol. The first kappa shape index (κ1) is 20.0. The van der Waals surface area contributed by atoms with Gasteiger partial charge in [0.25, 0.3) is 5.56 Å². The molecule has 0 atom stereocenters. The van der Waals surface area contributed by atoms with Gasteiger partial charge in [-0.25, -0.2) is 0 Å². The average molecular weight is 431 g/mol. The summed E-state index contributed by atoms with van der Waals surface area (Å²) in [5.41, 5.74) is 4.89. The van der Waals surface area contributed by atoms with Gasteiger partial charge in [-0.3, -0.25) is 4.79 Å². The van der Waals surface area contributed by atoms with Gasteiger partial charge in [0.2, 0.25) is 0 Å². The van der Waals surface area contributed by atoms with Crippen LogP contribution in [0.25, 0.3) is 32.5 Å². The highest BCUT2D eigenvalue weighted by molar-refractivity contribution is 7.13. The third kappa shape index (κ3) is 4.03. The Bertz CT molecular complexity index is 1250. The summed E-state index contributed by atoms with van der Waals surface area (Å²) in [5.74, 6) is 1.21. The number of benzene rings is 2. The van der Waals surface area contributed by atoms with Gasteiger partial charge < -0.3 is 15.0 Å². The van der Waals surface area contributed by atoms with Gasteiger partial charge in [-0.2, -0.15) is 0 Å². The summed E-state index contributed by atoms with van der Waals surface area (Å²) in [5, 5.41) is 6.36. The van der Waals surface area contributed by atoms with Gasteiger partial charge in [-0.15, -0.1) is 11.3 Å². The van der Waals surface area contributed by atoms with Crippen LogP contribution in [-0.2, 0) is 0 Å². The molecule has 1 saturated heterocycles. The van der Waals surface area contributed by atoms with Crippen LogP contribution in [0.15, 0.2) is 64.8 Å². The molecule has 0 bridgehead atoms. The van der Waals surface area contributed by atoms with Crippen LogP contribution in [0.5, 0.6) is 5.75 Å². The molecule has 5 heteroatoms. The second-order valence-electron chi connectivity index (χ2n) is 8.22. The van der Waals surface area contributed by atoms with E-state index in [4.69, 9.17) is 4.74 Å². The van der Waals surface area contributed by atoms with Crippen molar-refractivity contribution in [2.75, 3.05) is 19.7 Å². The van der Waals surface area contributed by atoms with Crippen LogP contribution in [0.2, 0.25) is 0 Å². The zero-order chi connectivity index (χ0) is 21.2. The first-order chi connectivity index (χ1) is 15.2. The number of rotatable bonds is 5. The zero-order valence-electron chi connectivity index (χ0n) is 17.6. The maximum atomic E-state index is 13.1. The molecule has 2 N–H and O–H groups in total. The highest BCUT2D eigenvalue weighted by Gasteiger charge is 2.20. The molecule has 5 rings (SSSR count). The number of aromatic nitrogens is 1. The molecule has 0 unspecified atom stereocenters. The first-order valence-corrected chi connectivity index (χ1v) is 11.7. The molecular weight excluding hydrogens is 404 g/mol. The van der Waals surface area contributed by atoms with E-state index in [1.54, 1.807) is 11.3 Å². The summed E-state index contributed by atoms with van der Waals surface area (Å²) in [6, 6.07) is 18.6. The van der Waals surface area contributed by atoms with Crippen LogP contribution >= 0.6 is 11.3 Å². The van der Waals surface area contributed by atoms with Crippen LogP contribution < -0.4 is 15.6 Å². The standard InChI is InChI=1S/C26H26N2O2S/c1-17-5-2-3-6-20(17)19-8-9-22-21(15-19)25(30-16-18-10-12-27-13-11-18)24(26(29)28-22)23-7-4-14-31-23/h2-9,14-15,18,27H,10-13,16H2,1H3,(H,28,29). The maximum Gasteiger partial charge on any atom is 0.260 e. The van der Waals surface area contributed by atoms with Crippen molar-refractivity contribution in [1.29, 1.82) is 0 Å². The lowest BCUT2D eigenvalue weighted by molar-refractivity contribution is 0.217. The Morgan fingerprint density at radius 3 is 2.68 bits per heavy atom. The number of hydrogen-bond donors (Lipinski definition) is 2. The number of H-pyrrole nitrogens is 1. The Morgan fingerprint density at radius 2 is 1.90 bits per heavy atom. The molecule has 3 heterocycles. The Hall–Kier alpha value is -2.89. The van der Waals surface area contributed by atoms with Crippen molar-refractivity contribution in [2.24, 2.45) is 5.92 Å². The predicted octanol–water partition coefficient (Wildman–Crippen LogP) is 5.61. The fraction of sp³-hybridized carbons (Fsp3) is 0.269. The number of hydrogen-bond acceptors (Lipinski definition) is 4. The first-order valence-electron chi connectivity index (χ1n) is 10.8. The number of pyridine rings is 1. The minimum atomic E-state index is -0.0982. The van der Waals surface area contributed by atoms with Gasteiger partial charge in [-0.1, -0.05) is 36.4 Å². The molecule has 1 fully saturated rings. The van der Waals surface area contributed by atoms with Crippen LogP contribution in [0, 0.1) is 12.8 Å². The van der Waals surface area contributed by atoms with Gasteiger partial charge in [-0.05, 0) is 79.0 Å². The lowest BCUT2D eigenvalue weighted by atomic mass is 9.97. The van der Waals surface area contributed by atoms with E-state index >= 15 is 0 Å². The maximum absolute atomic E-state index is 13.1. The number of ether oxygens (including phenoxy) is 1. The molecule has 1 aliphatic heterocycles. The number of fused-ring (bicyclic) bond motifs is 1. The summed E-state index contributed by atoms with van der Waals surface area (Å²) in [6.07, 6.45) is 2.20. The number of aromatic amines is 1. The Kier molecular flexibility index (Phi) is 5.62. The van der Waals surface area contributed by atoms with Gasteiger partial charge in [0.15, 0.2) is 0 Å². The largest absolute Gasteiger partial charge is 0.492 e. The molecule has 158 valence electrons. The van der Waals surface area contributed by atoms with Crippen molar-refractivity contribution in [2.45, 2.75) is 19.8 Å². The molecule has 0 spiro atoms. The number of piperidine rings is 1. The molecule has 0 aliphatic carbocycles. The normalized spacial score (nSPS) is 14.7.